The fraction of sp³-hybridized carbons (Fsp3) is 0.263. The Labute approximate surface area is 173 Å². The van der Waals surface area contributed by atoms with Crippen LogP contribution in [0.1, 0.15) is 16.1 Å². The van der Waals surface area contributed by atoms with Crippen molar-refractivity contribution in [3.8, 4) is 11.3 Å². The number of rotatable bonds is 3. The van der Waals surface area contributed by atoms with Crippen molar-refractivity contribution in [1.29, 1.82) is 0 Å². The number of amides is 1. The van der Waals surface area contributed by atoms with E-state index in [0.29, 0.717) is 31.9 Å². The van der Waals surface area contributed by atoms with E-state index >= 15 is 0 Å². The molecule has 1 fully saturated rings. The van der Waals surface area contributed by atoms with Crippen LogP contribution in [0.25, 0.3) is 11.3 Å². The van der Waals surface area contributed by atoms with Crippen LogP contribution >= 0.6 is 0 Å². The number of nitrogens with zero attached hydrogens (tertiary/aromatic N) is 4. The molecule has 0 unspecified atom stereocenters. The predicted molar refractivity (Wildman–Crippen MR) is 106 cm³/mol. The molecule has 2 aromatic heterocycles. The van der Waals surface area contributed by atoms with E-state index in [2.05, 4.69) is 20.2 Å². The first-order chi connectivity index (χ1) is 14.7. The lowest BCUT2D eigenvalue weighted by molar-refractivity contribution is -0.137. The van der Waals surface area contributed by atoms with Crippen LogP contribution < -0.4 is 16.3 Å². The molecule has 162 valence electrons. The molecule has 0 spiro atoms. The van der Waals surface area contributed by atoms with Gasteiger partial charge in [0, 0.05) is 31.7 Å². The zero-order chi connectivity index (χ0) is 22.2. The highest BCUT2D eigenvalue weighted by atomic mass is 19.4. The van der Waals surface area contributed by atoms with Gasteiger partial charge < -0.3 is 15.5 Å². The molecule has 1 aliphatic rings. The smallest absolute Gasteiger partial charge is 0.383 e. The maximum Gasteiger partial charge on any atom is 0.417 e. The summed E-state index contributed by atoms with van der Waals surface area (Å²) in [5, 5.41) is 6.46. The number of H-pyrrole nitrogens is 2. The topological polar surface area (TPSA) is 124 Å². The first-order valence-electron chi connectivity index (χ1n) is 9.35. The minimum absolute atomic E-state index is 0.0435. The summed E-state index contributed by atoms with van der Waals surface area (Å²) in [4.78, 5) is 33.6. The van der Waals surface area contributed by atoms with Crippen molar-refractivity contribution < 1.29 is 18.0 Å². The molecule has 4 rings (SSSR count). The molecule has 9 nitrogen and oxygen atoms in total. The van der Waals surface area contributed by atoms with Crippen molar-refractivity contribution in [2.75, 3.05) is 36.8 Å². The predicted octanol–water partition coefficient (Wildman–Crippen LogP) is 1.72. The van der Waals surface area contributed by atoms with Crippen molar-refractivity contribution in [3.05, 3.63) is 58.3 Å². The molecule has 31 heavy (non-hydrogen) atoms. The van der Waals surface area contributed by atoms with Crippen molar-refractivity contribution in [1.82, 2.24) is 25.1 Å². The summed E-state index contributed by atoms with van der Waals surface area (Å²) in [5.41, 5.74) is 5.08. The number of hydrogen-bond donors (Lipinski definition) is 3. The Morgan fingerprint density at radius 3 is 2.52 bits per heavy atom. The molecular weight excluding hydrogens is 415 g/mol. The van der Waals surface area contributed by atoms with E-state index in [-0.39, 0.29) is 28.7 Å². The third kappa shape index (κ3) is 4.09. The highest BCUT2D eigenvalue weighted by Crippen LogP contribution is 2.36. The first kappa shape index (κ1) is 20.4. The third-order valence-electron chi connectivity index (χ3n) is 5.05. The van der Waals surface area contributed by atoms with E-state index in [9.17, 15) is 22.8 Å². The highest BCUT2D eigenvalue weighted by Gasteiger charge is 2.34. The van der Waals surface area contributed by atoms with Crippen LogP contribution in [0.2, 0.25) is 0 Å². The molecule has 1 saturated heterocycles. The van der Waals surface area contributed by atoms with Crippen molar-refractivity contribution in [3.63, 3.8) is 0 Å². The number of alkyl halides is 3. The van der Waals surface area contributed by atoms with E-state index in [1.54, 1.807) is 4.90 Å². The summed E-state index contributed by atoms with van der Waals surface area (Å²) >= 11 is 0. The molecule has 1 amide bonds. The number of aromatic nitrogens is 4. The second kappa shape index (κ2) is 7.78. The van der Waals surface area contributed by atoms with E-state index in [1.807, 2.05) is 4.90 Å². The van der Waals surface area contributed by atoms with Crippen LogP contribution in [-0.2, 0) is 6.18 Å². The largest absolute Gasteiger partial charge is 0.417 e. The van der Waals surface area contributed by atoms with E-state index in [0.717, 1.165) is 6.07 Å². The van der Waals surface area contributed by atoms with Crippen molar-refractivity contribution in [2.24, 2.45) is 0 Å². The molecular formula is C19H18F3N7O2. The van der Waals surface area contributed by atoms with Crippen LogP contribution in [0.5, 0.6) is 0 Å². The Kier molecular flexibility index (Phi) is 5.13. The van der Waals surface area contributed by atoms with Gasteiger partial charge >= 0.3 is 11.9 Å². The van der Waals surface area contributed by atoms with Gasteiger partial charge in [0.15, 0.2) is 0 Å². The molecule has 12 heteroatoms. The number of piperazine rings is 1. The van der Waals surface area contributed by atoms with Gasteiger partial charge in [0.1, 0.15) is 11.5 Å². The molecule has 0 atom stereocenters. The number of hydrogen-bond acceptors (Lipinski definition) is 6. The van der Waals surface area contributed by atoms with Crippen molar-refractivity contribution in [2.45, 2.75) is 6.18 Å². The number of nitrogen functional groups attached to an aromatic ring is 1. The van der Waals surface area contributed by atoms with Gasteiger partial charge in [-0.2, -0.15) is 23.3 Å². The SMILES string of the molecule is Nc1[nH]c(=O)ncc1N1CCN(C(=O)c2cc(-c3ccccc3C(F)(F)F)n[nH]2)CC1. The molecule has 1 aromatic carbocycles. The summed E-state index contributed by atoms with van der Waals surface area (Å²) < 4.78 is 39.8. The standard InChI is InChI=1S/C19H18F3N7O2/c20-19(21,22)12-4-2-1-3-11(12)13-9-14(27-26-13)17(30)29-7-5-28(6-8-29)15-10-24-18(31)25-16(15)23/h1-4,9-10H,5-8H2,(H,26,27)(H3,23,24,25,31). The summed E-state index contributed by atoms with van der Waals surface area (Å²) in [7, 11) is 0. The molecule has 3 aromatic rings. The van der Waals surface area contributed by atoms with Crippen LogP contribution in [-0.4, -0.2) is 57.2 Å². The maximum absolute atomic E-state index is 13.3. The summed E-state index contributed by atoms with van der Waals surface area (Å²) in [6.07, 6.45) is -3.15. The Morgan fingerprint density at radius 1 is 1.13 bits per heavy atom. The second-order valence-corrected chi connectivity index (χ2v) is 6.98. The average Bonchev–Trinajstić information content (AvgIpc) is 3.23. The van der Waals surface area contributed by atoms with Gasteiger partial charge in [-0.1, -0.05) is 18.2 Å². The van der Waals surface area contributed by atoms with Crippen LogP contribution in [0.15, 0.2) is 41.3 Å². The van der Waals surface area contributed by atoms with Gasteiger partial charge in [0.25, 0.3) is 5.91 Å². The van der Waals surface area contributed by atoms with Gasteiger partial charge in [0.2, 0.25) is 0 Å². The number of aromatic amines is 2. The van der Waals surface area contributed by atoms with E-state index < -0.39 is 17.4 Å². The average molecular weight is 433 g/mol. The van der Waals surface area contributed by atoms with Gasteiger partial charge in [-0.15, -0.1) is 0 Å². The van der Waals surface area contributed by atoms with Gasteiger partial charge in [-0.25, -0.2) is 4.79 Å². The minimum atomic E-state index is -4.53. The van der Waals surface area contributed by atoms with Gasteiger partial charge in [0.05, 0.1) is 23.1 Å². The lowest BCUT2D eigenvalue weighted by Gasteiger charge is -2.35. The van der Waals surface area contributed by atoms with E-state index in [1.165, 1.54) is 30.5 Å². The number of anilines is 2. The molecule has 0 aliphatic carbocycles. The summed E-state index contributed by atoms with van der Waals surface area (Å²) in [6.45, 7) is 1.60. The minimum Gasteiger partial charge on any atom is -0.383 e. The van der Waals surface area contributed by atoms with Crippen molar-refractivity contribution >= 4 is 17.4 Å². The lowest BCUT2D eigenvalue weighted by atomic mass is 10.0. The summed E-state index contributed by atoms with van der Waals surface area (Å²) in [6, 6.07) is 6.40. The first-order valence-corrected chi connectivity index (χ1v) is 9.35. The molecule has 0 radical (unpaired) electrons. The lowest BCUT2D eigenvalue weighted by Crippen LogP contribution is -2.49. The second-order valence-electron chi connectivity index (χ2n) is 6.98. The maximum atomic E-state index is 13.3. The van der Waals surface area contributed by atoms with Crippen LogP contribution in [0.3, 0.4) is 0 Å². The van der Waals surface area contributed by atoms with Gasteiger partial charge in [-0.3, -0.25) is 14.9 Å². The third-order valence-corrected chi connectivity index (χ3v) is 5.05. The normalized spacial score (nSPS) is 14.7. The molecule has 4 N–H and O–H groups in total. The number of carbonyl (C=O) groups is 1. The fourth-order valence-electron chi connectivity index (χ4n) is 3.50. The Morgan fingerprint density at radius 2 is 1.84 bits per heavy atom. The Balaban J connectivity index is 1.48. The number of halogens is 3. The number of benzene rings is 1. The Hall–Kier alpha value is -3.83. The van der Waals surface area contributed by atoms with Crippen LogP contribution in [0.4, 0.5) is 24.7 Å². The number of nitrogens with two attached hydrogens (primary N) is 1. The Bertz CT molecular complexity index is 1160. The monoisotopic (exact) mass is 433 g/mol. The molecule has 1 aliphatic heterocycles. The fourth-order valence-corrected chi connectivity index (χ4v) is 3.50. The zero-order valence-corrected chi connectivity index (χ0v) is 16.1. The highest BCUT2D eigenvalue weighted by molar-refractivity contribution is 5.93. The van der Waals surface area contributed by atoms with Gasteiger partial charge in [-0.05, 0) is 12.1 Å². The number of carbonyl (C=O) groups excluding carboxylic acids is 1. The quantitative estimate of drug-likeness (QED) is 0.578. The van der Waals surface area contributed by atoms with Crippen LogP contribution in [0, 0.1) is 0 Å². The molecule has 0 bridgehead atoms. The molecule has 0 saturated carbocycles. The summed E-state index contributed by atoms with van der Waals surface area (Å²) in [5.74, 6) is -0.170. The molecule has 3 heterocycles. The number of nitrogens with one attached hydrogen (secondary N) is 2. The van der Waals surface area contributed by atoms with E-state index in [4.69, 9.17) is 5.73 Å². The zero-order valence-electron chi connectivity index (χ0n) is 16.1.